The Labute approximate surface area is 514 Å². The number of esters is 1. The van der Waals surface area contributed by atoms with Gasteiger partial charge in [-0.15, -0.1) is 0 Å². The Morgan fingerprint density at radius 2 is 0.735 bits per heavy atom. The van der Waals surface area contributed by atoms with Crippen molar-refractivity contribution < 1.29 is 37.3 Å². The van der Waals surface area contributed by atoms with E-state index in [0.29, 0.717) is 17.4 Å². The van der Waals surface area contributed by atoms with Crippen LogP contribution in [0, 0.1) is 0 Å². The maximum atomic E-state index is 13.6. The van der Waals surface area contributed by atoms with Crippen LogP contribution < -0.4 is 5.32 Å². The number of ether oxygens (including phenoxy) is 1. The Morgan fingerprint density at radius 3 is 1.12 bits per heavy atom. The van der Waals surface area contributed by atoms with Gasteiger partial charge < -0.3 is 19.4 Å². The number of unbranched alkanes of at least 4 members (excludes halogenated alkanes) is 35. The number of carbonyl (C=O) groups is 2. The molecule has 0 heterocycles. The smallest absolute Gasteiger partial charge is 0.456 e. The monoisotopic (exact) mass is 1180 g/mol. The van der Waals surface area contributed by atoms with Gasteiger partial charge in [0.15, 0.2) is 0 Å². The number of rotatable bonds is 63. The summed E-state index contributed by atoms with van der Waals surface area (Å²) in [6.45, 7) is 6.98. The van der Waals surface area contributed by atoms with Gasteiger partial charge in [0.05, 0.1) is 33.8 Å². The van der Waals surface area contributed by atoms with Crippen LogP contribution in [0.15, 0.2) is 85.1 Å². The molecule has 0 aromatic heterocycles. The van der Waals surface area contributed by atoms with E-state index in [0.717, 1.165) is 96.3 Å². The lowest BCUT2D eigenvalue weighted by Gasteiger charge is -2.27. The number of hydrogen-bond acceptors (Lipinski definition) is 6. The first-order chi connectivity index (χ1) is 40.4. The van der Waals surface area contributed by atoms with Crippen molar-refractivity contribution in [3.8, 4) is 0 Å². The molecular formula is C73H134N2O7P+. The van der Waals surface area contributed by atoms with Gasteiger partial charge in [-0.2, -0.15) is 0 Å². The van der Waals surface area contributed by atoms with Crippen molar-refractivity contribution in [1.29, 1.82) is 0 Å². The molecule has 0 spiro atoms. The predicted molar refractivity (Wildman–Crippen MR) is 360 cm³/mol. The van der Waals surface area contributed by atoms with Crippen LogP contribution in [-0.2, 0) is 27.9 Å². The molecule has 3 atom stereocenters. The average Bonchev–Trinajstić information content (AvgIpc) is 3.46. The highest BCUT2D eigenvalue weighted by molar-refractivity contribution is 7.47. The van der Waals surface area contributed by atoms with Crippen molar-refractivity contribution >= 4 is 19.7 Å². The van der Waals surface area contributed by atoms with Gasteiger partial charge in [-0.1, -0.05) is 280 Å². The second-order valence-electron chi connectivity index (χ2n) is 24.7. The Morgan fingerprint density at radius 1 is 0.422 bits per heavy atom. The summed E-state index contributed by atoms with van der Waals surface area (Å²) in [6, 6.07) is -0.858. The fourth-order valence-corrected chi connectivity index (χ4v) is 10.6. The maximum Gasteiger partial charge on any atom is 0.472 e. The number of phosphoric acid groups is 1. The molecular weight excluding hydrogens is 1050 g/mol. The van der Waals surface area contributed by atoms with Crippen molar-refractivity contribution in [2.45, 2.75) is 328 Å². The first kappa shape index (κ1) is 80.2. The highest BCUT2D eigenvalue weighted by atomic mass is 31.2. The van der Waals surface area contributed by atoms with E-state index in [1.54, 1.807) is 0 Å². The van der Waals surface area contributed by atoms with Crippen LogP contribution >= 0.6 is 7.82 Å². The summed E-state index contributed by atoms with van der Waals surface area (Å²) >= 11 is 0. The maximum absolute atomic E-state index is 13.6. The number of hydrogen-bond donors (Lipinski definition) is 2. The second-order valence-corrected chi connectivity index (χ2v) is 26.1. The van der Waals surface area contributed by atoms with Crippen LogP contribution in [0.5, 0.6) is 0 Å². The minimum atomic E-state index is -4.46. The zero-order valence-corrected chi connectivity index (χ0v) is 56.1. The number of phosphoric ester groups is 1. The molecule has 0 aliphatic carbocycles. The van der Waals surface area contributed by atoms with Gasteiger partial charge in [0.1, 0.15) is 19.3 Å². The summed E-state index contributed by atoms with van der Waals surface area (Å²) in [7, 11) is 1.49. The Bertz CT molecular complexity index is 1700. The lowest BCUT2D eigenvalue weighted by Crippen LogP contribution is -2.47. The minimum Gasteiger partial charge on any atom is -0.456 e. The first-order valence-electron chi connectivity index (χ1n) is 34.9. The lowest BCUT2D eigenvalue weighted by atomic mass is 10.0. The van der Waals surface area contributed by atoms with E-state index < -0.39 is 20.0 Å². The van der Waals surface area contributed by atoms with Crippen LogP contribution in [0.4, 0.5) is 0 Å². The van der Waals surface area contributed by atoms with Crippen molar-refractivity contribution in [1.82, 2.24) is 5.32 Å². The average molecular weight is 1180 g/mol. The third-order valence-corrected chi connectivity index (χ3v) is 16.3. The topological polar surface area (TPSA) is 111 Å². The van der Waals surface area contributed by atoms with Gasteiger partial charge in [0.25, 0.3) is 0 Å². The molecule has 0 radical (unpaired) electrons. The van der Waals surface area contributed by atoms with E-state index >= 15 is 0 Å². The number of allylic oxidation sites excluding steroid dienone is 13. The summed E-state index contributed by atoms with van der Waals surface area (Å²) in [5.41, 5.74) is 0. The largest absolute Gasteiger partial charge is 0.472 e. The molecule has 1 amide bonds. The van der Waals surface area contributed by atoms with Crippen LogP contribution in [0.3, 0.4) is 0 Å². The zero-order valence-electron chi connectivity index (χ0n) is 55.2. The third-order valence-electron chi connectivity index (χ3n) is 15.3. The SMILES string of the molecule is CCCCC/C=C\C/C=C\C/C=C\C/C=C\CCCCCCCCCCCC(=O)NC(COP(=O)(O)OCC[N+](C)(C)C)C(/C=C\CCCCCCCCCCCCC)OC(=O)CCCCCCCCCCC/C=C\C/C=C\CCCCC. The van der Waals surface area contributed by atoms with Gasteiger partial charge in [0, 0.05) is 12.8 Å². The number of nitrogens with zero attached hydrogens (tertiary/aromatic N) is 1. The molecule has 9 nitrogen and oxygen atoms in total. The van der Waals surface area contributed by atoms with E-state index in [1.165, 1.54) is 186 Å². The van der Waals surface area contributed by atoms with E-state index in [1.807, 2.05) is 33.3 Å². The molecule has 0 aromatic rings. The molecule has 0 saturated heterocycles. The number of carbonyl (C=O) groups excluding carboxylic acids is 2. The number of likely N-dealkylation sites (N-methyl/N-ethyl adjacent to an activating group) is 1. The van der Waals surface area contributed by atoms with E-state index in [2.05, 4.69) is 99.0 Å². The number of quaternary nitrogens is 1. The van der Waals surface area contributed by atoms with Crippen molar-refractivity contribution in [2.24, 2.45) is 0 Å². The quantitative estimate of drug-likeness (QED) is 0.0205. The summed E-state index contributed by atoms with van der Waals surface area (Å²) in [5.74, 6) is -0.511. The molecule has 0 aromatic carbocycles. The third kappa shape index (κ3) is 63.5. The molecule has 0 fully saturated rings. The van der Waals surface area contributed by atoms with Gasteiger partial charge >= 0.3 is 13.8 Å². The van der Waals surface area contributed by atoms with Gasteiger partial charge in [-0.05, 0) is 109 Å². The van der Waals surface area contributed by atoms with Crippen LogP contribution in [0.25, 0.3) is 0 Å². The van der Waals surface area contributed by atoms with E-state index in [4.69, 9.17) is 13.8 Å². The fraction of sp³-hybridized carbons (Fsp3) is 0.781. The summed E-state index contributed by atoms with van der Waals surface area (Å²) in [6.07, 6.45) is 82.9. The molecule has 0 saturated carbocycles. The highest BCUT2D eigenvalue weighted by Gasteiger charge is 2.30. The first-order valence-corrected chi connectivity index (χ1v) is 36.4. The van der Waals surface area contributed by atoms with Crippen molar-refractivity contribution in [3.05, 3.63) is 85.1 Å². The van der Waals surface area contributed by atoms with Crippen LogP contribution in [-0.4, -0.2) is 74.3 Å². The van der Waals surface area contributed by atoms with E-state index in [-0.39, 0.29) is 31.5 Å². The summed E-state index contributed by atoms with van der Waals surface area (Å²) in [5, 5.41) is 3.07. The van der Waals surface area contributed by atoms with E-state index in [9.17, 15) is 19.0 Å². The lowest BCUT2D eigenvalue weighted by molar-refractivity contribution is -0.870. The standard InChI is InChI=1S/C73H133N2O7P/c1-7-10-13-16-19-22-25-28-30-32-34-35-36-37-38-39-41-42-44-47-50-53-56-59-62-65-72(76)74-70(69-81-83(78,79)80-68-67-75(4,5)6)71(64-61-58-55-52-49-46-27-24-21-18-15-12-9-3)82-73(77)66-63-60-57-54-51-48-45-43-40-33-31-29-26-23-20-17-14-11-8-2/h19-20,22-23,28-31,34-35,37-38,61,64,70-71H,7-18,21,24-27,32-33,36,39-60,62-63,65-69H2,1-6H3,(H-,74,76,78,79)/p+1/b22-19-,23-20-,30-28-,31-29-,35-34-,38-37-,64-61-. The highest BCUT2D eigenvalue weighted by Crippen LogP contribution is 2.43. The molecule has 83 heavy (non-hydrogen) atoms. The zero-order chi connectivity index (χ0) is 60.7. The Hall–Kier alpha value is -2.81. The normalized spacial score (nSPS) is 14.1. The van der Waals surface area contributed by atoms with Crippen molar-refractivity contribution in [3.63, 3.8) is 0 Å². The number of nitrogens with one attached hydrogen (secondary N) is 1. The summed E-state index contributed by atoms with van der Waals surface area (Å²) in [4.78, 5) is 37.9. The molecule has 0 bridgehead atoms. The molecule has 0 rings (SSSR count). The number of amides is 1. The molecule has 10 heteroatoms. The van der Waals surface area contributed by atoms with Gasteiger partial charge in [0.2, 0.25) is 5.91 Å². The Kier molecular flexibility index (Phi) is 60.1. The predicted octanol–water partition coefficient (Wildman–Crippen LogP) is 22.1. The molecule has 0 aliphatic heterocycles. The molecule has 3 unspecified atom stereocenters. The van der Waals surface area contributed by atoms with Crippen LogP contribution in [0.2, 0.25) is 0 Å². The molecule has 2 N–H and O–H groups in total. The molecule has 0 aliphatic rings. The van der Waals surface area contributed by atoms with Crippen molar-refractivity contribution in [2.75, 3.05) is 40.9 Å². The Balaban J connectivity index is 5.15. The second kappa shape index (κ2) is 62.2. The summed E-state index contributed by atoms with van der Waals surface area (Å²) < 4.78 is 30.8. The van der Waals surface area contributed by atoms with Crippen LogP contribution in [0.1, 0.15) is 316 Å². The minimum absolute atomic E-state index is 0.0356. The fourth-order valence-electron chi connectivity index (χ4n) is 9.90. The molecule has 482 valence electrons. The van der Waals surface area contributed by atoms with Gasteiger partial charge in [-0.3, -0.25) is 18.6 Å². The van der Waals surface area contributed by atoms with Gasteiger partial charge in [-0.25, -0.2) is 4.57 Å².